The highest BCUT2D eigenvalue weighted by molar-refractivity contribution is 7.93. The van der Waals surface area contributed by atoms with Gasteiger partial charge < -0.3 is 4.74 Å². The van der Waals surface area contributed by atoms with Gasteiger partial charge in [-0.15, -0.1) is 0 Å². The maximum atomic E-state index is 13.8. The van der Waals surface area contributed by atoms with Crippen molar-refractivity contribution in [3.63, 3.8) is 0 Å². The fourth-order valence-electron chi connectivity index (χ4n) is 1.74. The van der Waals surface area contributed by atoms with Crippen molar-refractivity contribution in [2.75, 3.05) is 11.3 Å². The summed E-state index contributed by atoms with van der Waals surface area (Å²) in [6, 6.07) is -4.41. The van der Waals surface area contributed by atoms with Crippen LogP contribution in [-0.2, 0) is 19.6 Å². The summed E-state index contributed by atoms with van der Waals surface area (Å²) in [5.74, 6) is -2.80. The summed E-state index contributed by atoms with van der Waals surface area (Å²) < 4.78 is 109. The molecular weight excluding hydrogens is 345 g/mol. The summed E-state index contributed by atoms with van der Waals surface area (Å²) >= 11 is 5.77. The third kappa shape index (κ3) is 4.23. The molecule has 0 heterocycles. The van der Waals surface area contributed by atoms with E-state index in [2.05, 4.69) is 0 Å². The van der Waals surface area contributed by atoms with E-state index >= 15 is 0 Å². The molecule has 126 valence electrons. The predicted octanol–water partition coefficient (Wildman–Crippen LogP) is 3.26. The second-order valence-corrected chi connectivity index (χ2v) is 6.52. The molecular formula is C15H17ClFNO4S. The highest BCUT2D eigenvalue weighted by Crippen LogP contribution is 2.30. The molecule has 8 heteroatoms. The third-order valence-electron chi connectivity index (χ3n) is 2.75. The number of nitrogens with one attached hydrogen (secondary N) is 1. The van der Waals surface area contributed by atoms with Crippen LogP contribution in [0.4, 0.5) is 10.1 Å². The number of halogens is 2. The maximum Gasteiger partial charge on any atom is 0.335 e. The van der Waals surface area contributed by atoms with E-state index in [1.54, 1.807) is 4.72 Å². The second kappa shape index (κ2) is 7.31. The van der Waals surface area contributed by atoms with E-state index in [1.165, 1.54) is 6.92 Å². The number of benzene rings is 1. The Kier molecular flexibility index (Phi) is 3.06. The summed E-state index contributed by atoms with van der Waals surface area (Å²) in [7, 11) is -4.92. The molecule has 0 aliphatic heterocycles. The standard InChI is InChI=1S/C15H17ClFNO4S/c1-2-22-15(19)11-5-3-4-6-14(11)23(20,21)18-13-8-7-10(17)9-12(13)16/h5,7-9,14,18H,2-4,6H2,1H3/t14-/m1/s1/i3D2,4D2,5D,7D,8D,9D. The number of carbonyl (C=O) groups excluding carboxylic acids is 1. The quantitative estimate of drug-likeness (QED) is 0.808. The zero-order valence-electron chi connectivity index (χ0n) is 19.8. The first kappa shape index (κ1) is 9.64. The SMILES string of the molecule is [2H]C1=C(C(=O)OCC)[C@H](S(=O)(=O)Nc2c([2H])c([2H])c(F)c([2H])c2Cl)CC([2H])([2H])C1([2H])[2H]. The number of anilines is 1. The van der Waals surface area contributed by atoms with Gasteiger partial charge in [-0.2, -0.15) is 0 Å². The van der Waals surface area contributed by atoms with E-state index in [1.807, 2.05) is 0 Å². The monoisotopic (exact) mass is 369 g/mol. The van der Waals surface area contributed by atoms with Gasteiger partial charge in [0.1, 0.15) is 11.1 Å². The zero-order chi connectivity index (χ0) is 24.1. The van der Waals surface area contributed by atoms with Crippen molar-refractivity contribution < 1.29 is 33.3 Å². The summed E-state index contributed by atoms with van der Waals surface area (Å²) in [4.78, 5) is 12.3. The van der Waals surface area contributed by atoms with Crippen molar-refractivity contribution in [1.29, 1.82) is 0 Å². The molecule has 0 radical (unpaired) electrons. The topological polar surface area (TPSA) is 72.5 Å². The average Bonchev–Trinajstić information content (AvgIpc) is 2.66. The number of ether oxygens (including phenoxy) is 1. The molecule has 1 aromatic carbocycles. The van der Waals surface area contributed by atoms with Gasteiger partial charge in [-0.25, -0.2) is 17.6 Å². The van der Waals surface area contributed by atoms with E-state index < -0.39 is 86.7 Å². The van der Waals surface area contributed by atoms with Gasteiger partial charge in [0.2, 0.25) is 10.0 Å². The molecule has 0 fully saturated rings. The van der Waals surface area contributed by atoms with Gasteiger partial charge in [0.15, 0.2) is 0 Å². The lowest BCUT2D eigenvalue weighted by atomic mass is 9.99. The minimum Gasteiger partial charge on any atom is -0.463 e. The van der Waals surface area contributed by atoms with Gasteiger partial charge in [-0.05, 0) is 44.2 Å². The Morgan fingerprint density at radius 3 is 3.04 bits per heavy atom. The van der Waals surface area contributed by atoms with Crippen LogP contribution >= 0.6 is 11.6 Å². The number of esters is 1. The van der Waals surface area contributed by atoms with Crippen molar-refractivity contribution in [3.05, 3.63) is 40.6 Å². The smallest absolute Gasteiger partial charge is 0.335 e. The van der Waals surface area contributed by atoms with Crippen molar-refractivity contribution in [2.45, 2.75) is 31.3 Å². The van der Waals surface area contributed by atoms with Gasteiger partial charge in [-0.1, -0.05) is 17.7 Å². The fourth-order valence-corrected chi connectivity index (χ4v) is 3.32. The molecule has 1 aliphatic rings. The predicted molar refractivity (Wildman–Crippen MR) is 86.3 cm³/mol. The number of hydrogen-bond acceptors (Lipinski definition) is 4. The van der Waals surface area contributed by atoms with E-state index in [9.17, 15) is 17.6 Å². The van der Waals surface area contributed by atoms with Gasteiger partial charge in [0, 0.05) is 5.48 Å². The molecule has 0 saturated heterocycles. The molecule has 23 heavy (non-hydrogen) atoms. The Morgan fingerprint density at radius 2 is 2.35 bits per heavy atom. The van der Waals surface area contributed by atoms with E-state index in [-0.39, 0.29) is 6.61 Å². The van der Waals surface area contributed by atoms with E-state index in [0.29, 0.717) is 0 Å². The highest BCUT2D eigenvalue weighted by Gasteiger charge is 2.35. The fraction of sp³-hybridized carbons (Fsp3) is 0.400. The summed E-state index contributed by atoms with van der Waals surface area (Å²) in [6.45, 7) is 1.15. The van der Waals surface area contributed by atoms with Crippen molar-refractivity contribution >= 4 is 33.3 Å². The molecule has 0 spiro atoms. The lowest BCUT2D eigenvalue weighted by Crippen LogP contribution is -2.34. The maximum absolute atomic E-state index is 13.8. The molecule has 1 aromatic rings. The van der Waals surface area contributed by atoms with Crippen LogP contribution in [0, 0.1) is 5.82 Å². The van der Waals surface area contributed by atoms with Crippen LogP contribution in [0.15, 0.2) is 29.8 Å². The second-order valence-electron chi connectivity index (χ2n) is 4.28. The van der Waals surface area contributed by atoms with Crippen LogP contribution < -0.4 is 4.72 Å². The summed E-state index contributed by atoms with van der Waals surface area (Å²) in [6.07, 6.45) is -7.01. The number of hydrogen-bond donors (Lipinski definition) is 1. The lowest BCUT2D eigenvalue weighted by Gasteiger charge is -2.24. The van der Waals surface area contributed by atoms with Gasteiger partial charge >= 0.3 is 5.97 Å². The van der Waals surface area contributed by atoms with Gasteiger partial charge in [-0.3, -0.25) is 4.72 Å². The molecule has 2 rings (SSSR count). The Morgan fingerprint density at radius 1 is 1.61 bits per heavy atom. The van der Waals surface area contributed by atoms with Gasteiger partial charge in [0.05, 0.1) is 28.4 Å². The van der Waals surface area contributed by atoms with Gasteiger partial charge in [0.25, 0.3) is 0 Å². The molecule has 1 N–H and O–H groups in total. The Balaban J connectivity index is 2.70. The van der Waals surface area contributed by atoms with Crippen LogP contribution in [-0.4, -0.2) is 26.2 Å². The normalized spacial score (nSPS) is 28.0. The van der Waals surface area contributed by atoms with Crippen molar-refractivity contribution in [3.8, 4) is 0 Å². The molecule has 1 atom stereocenters. The van der Waals surface area contributed by atoms with Crippen molar-refractivity contribution in [2.24, 2.45) is 0 Å². The molecule has 0 amide bonds. The minimum absolute atomic E-state index is 0.239. The highest BCUT2D eigenvalue weighted by atomic mass is 35.5. The number of carbonyl (C=O) groups is 1. The first-order chi connectivity index (χ1) is 14.0. The zero-order valence-corrected chi connectivity index (χ0v) is 13.4. The Bertz CT molecular complexity index is 1050. The van der Waals surface area contributed by atoms with E-state index in [0.717, 1.165) is 0 Å². The van der Waals surface area contributed by atoms with Crippen LogP contribution in [0.1, 0.15) is 37.1 Å². The number of allylic oxidation sites excluding steroid dienone is 1. The summed E-state index contributed by atoms with van der Waals surface area (Å²) in [5.41, 5.74) is -1.79. The minimum atomic E-state index is -4.92. The van der Waals surface area contributed by atoms with Crippen LogP contribution in [0.5, 0.6) is 0 Å². The molecule has 0 aromatic heterocycles. The average molecular weight is 370 g/mol. The lowest BCUT2D eigenvalue weighted by molar-refractivity contribution is -0.138. The van der Waals surface area contributed by atoms with Crippen LogP contribution in [0.2, 0.25) is 5.02 Å². The van der Waals surface area contributed by atoms with E-state index in [4.69, 9.17) is 27.3 Å². The number of sulfonamides is 1. The first-order valence-corrected chi connectivity index (χ1v) is 8.28. The largest absolute Gasteiger partial charge is 0.463 e. The van der Waals surface area contributed by atoms with Crippen LogP contribution in [0.3, 0.4) is 0 Å². The molecule has 0 unspecified atom stereocenters. The number of rotatable bonds is 5. The molecule has 5 nitrogen and oxygen atoms in total. The molecule has 1 aliphatic carbocycles. The third-order valence-corrected chi connectivity index (χ3v) is 4.67. The first-order valence-electron chi connectivity index (χ1n) is 10.4. The summed E-state index contributed by atoms with van der Waals surface area (Å²) in [5, 5.41) is -2.98. The van der Waals surface area contributed by atoms with Crippen molar-refractivity contribution in [1.82, 2.24) is 0 Å². The molecule has 0 bridgehead atoms. The Labute approximate surface area is 150 Å². The van der Waals surface area contributed by atoms with Crippen LogP contribution in [0.25, 0.3) is 0 Å². The molecule has 0 saturated carbocycles. The Hall–Kier alpha value is -1.60.